The molecule has 0 atom stereocenters. The van der Waals surface area contributed by atoms with E-state index in [-0.39, 0.29) is 5.75 Å². The highest BCUT2D eigenvalue weighted by atomic mass is 32.2. The molecule has 6 heteroatoms. The minimum Gasteiger partial charge on any atom is -0.492 e. The van der Waals surface area contributed by atoms with Crippen molar-refractivity contribution in [3.63, 3.8) is 0 Å². The van der Waals surface area contributed by atoms with E-state index in [1.165, 1.54) is 0 Å². The van der Waals surface area contributed by atoms with Gasteiger partial charge < -0.3 is 9.64 Å². The Morgan fingerprint density at radius 2 is 1.76 bits per heavy atom. The zero-order chi connectivity index (χ0) is 15.3. The van der Waals surface area contributed by atoms with E-state index < -0.39 is 10.0 Å². The highest BCUT2D eigenvalue weighted by molar-refractivity contribution is 7.89. The number of benzene rings is 1. The molecule has 0 N–H and O–H groups in total. The molecule has 0 spiro atoms. The van der Waals surface area contributed by atoms with Gasteiger partial charge in [-0.2, -0.15) is 4.31 Å². The number of hydrogen-bond acceptors (Lipinski definition) is 4. The van der Waals surface area contributed by atoms with Crippen LogP contribution < -0.4 is 9.64 Å². The van der Waals surface area contributed by atoms with Crippen LogP contribution in [0, 0.1) is 0 Å². The predicted molar refractivity (Wildman–Crippen MR) is 85.5 cm³/mol. The normalized spacial score (nSPS) is 17.0. The molecule has 1 aliphatic rings. The first-order chi connectivity index (χ1) is 10.1. The standard InChI is InChI=1S/C15H24N2O3S/c1-3-13-21(18,19)17-11-9-16(10-12-17)14-7-5-6-8-15(14)20-4-2/h5-8H,3-4,9-13H2,1-2H3. The van der Waals surface area contributed by atoms with Crippen LogP contribution in [-0.2, 0) is 10.0 Å². The fraction of sp³-hybridized carbons (Fsp3) is 0.600. The van der Waals surface area contributed by atoms with Crippen molar-refractivity contribution < 1.29 is 13.2 Å². The summed E-state index contributed by atoms with van der Waals surface area (Å²) >= 11 is 0. The first kappa shape index (κ1) is 16.1. The SMILES string of the molecule is CCCS(=O)(=O)N1CCN(c2ccccc2OCC)CC1. The number of rotatable bonds is 6. The zero-order valence-corrected chi connectivity index (χ0v) is 13.6. The van der Waals surface area contributed by atoms with Crippen LogP contribution in [-0.4, -0.2) is 51.3 Å². The second-order valence-electron chi connectivity index (χ2n) is 5.10. The molecular weight excluding hydrogens is 288 g/mol. The molecule has 21 heavy (non-hydrogen) atoms. The number of anilines is 1. The Hall–Kier alpha value is -1.27. The van der Waals surface area contributed by atoms with Crippen molar-refractivity contribution in [3.05, 3.63) is 24.3 Å². The van der Waals surface area contributed by atoms with Gasteiger partial charge in [0.05, 0.1) is 18.0 Å². The molecule has 0 aromatic heterocycles. The first-order valence-corrected chi connectivity index (χ1v) is 9.14. The molecule has 1 aromatic rings. The van der Waals surface area contributed by atoms with E-state index in [0.717, 1.165) is 11.4 Å². The van der Waals surface area contributed by atoms with Crippen LogP contribution in [0.3, 0.4) is 0 Å². The third kappa shape index (κ3) is 3.89. The van der Waals surface area contributed by atoms with E-state index in [2.05, 4.69) is 4.90 Å². The monoisotopic (exact) mass is 312 g/mol. The highest BCUT2D eigenvalue weighted by Gasteiger charge is 2.27. The highest BCUT2D eigenvalue weighted by Crippen LogP contribution is 2.29. The maximum absolute atomic E-state index is 12.1. The molecule has 0 amide bonds. The average Bonchev–Trinajstić information content (AvgIpc) is 2.48. The minimum atomic E-state index is -3.08. The van der Waals surface area contributed by atoms with Crippen LogP contribution in [0.2, 0.25) is 0 Å². The van der Waals surface area contributed by atoms with Crippen molar-refractivity contribution in [3.8, 4) is 5.75 Å². The number of hydrogen-bond donors (Lipinski definition) is 0. The summed E-state index contributed by atoms with van der Waals surface area (Å²) in [5.74, 6) is 1.10. The van der Waals surface area contributed by atoms with Crippen molar-refractivity contribution in [2.75, 3.05) is 43.4 Å². The molecule has 0 aliphatic carbocycles. The molecule has 1 heterocycles. The summed E-state index contributed by atoms with van der Waals surface area (Å²) in [5.41, 5.74) is 1.05. The van der Waals surface area contributed by atoms with E-state index >= 15 is 0 Å². The lowest BCUT2D eigenvalue weighted by Gasteiger charge is -2.36. The Balaban J connectivity index is 2.05. The number of ether oxygens (including phenoxy) is 1. The van der Waals surface area contributed by atoms with Crippen LogP contribution in [0.4, 0.5) is 5.69 Å². The molecule has 0 saturated carbocycles. The fourth-order valence-corrected chi connectivity index (χ4v) is 4.08. The number of piperazine rings is 1. The largest absolute Gasteiger partial charge is 0.492 e. The molecule has 1 aromatic carbocycles. The van der Waals surface area contributed by atoms with E-state index in [1.54, 1.807) is 4.31 Å². The van der Waals surface area contributed by atoms with Crippen LogP contribution in [0.1, 0.15) is 20.3 Å². The topological polar surface area (TPSA) is 49.9 Å². The summed E-state index contributed by atoms with van der Waals surface area (Å²) in [6, 6.07) is 7.93. The minimum absolute atomic E-state index is 0.239. The summed E-state index contributed by atoms with van der Waals surface area (Å²) in [7, 11) is -3.08. The molecule has 2 rings (SSSR count). The van der Waals surface area contributed by atoms with Crippen LogP contribution >= 0.6 is 0 Å². The third-order valence-electron chi connectivity index (χ3n) is 3.60. The Labute approximate surface area is 127 Å². The van der Waals surface area contributed by atoms with Gasteiger partial charge in [0.1, 0.15) is 5.75 Å². The molecular formula is C15H24N2O3S. The second-order valence-corrected chi connectivity index (χ2v) is 7.19. The van der Waals surface area contributed by atoms with Crippen molar-refractivity contribution in [2.24, 2.45) is 0 Å². The second kappa shape index (κ2) is 7.13. The van der Waals surface area contributed by atoms with Gasteiger partial charge in [-0.1, -0.05) is 19.1 Å². The Morgan fingerprint density at radius 1 is 1.10 bits per heavy atom. The van der Waals surface area contributed by atoms with E-state index in [0.29, 0.717) is 39.2 Å². The number of sulfonamides is 1. The molecule has 1 fully saturated rings. The van der Waals surface area contributed by atoms with Gasteiger partial charge >= 0.3 is 0 Å². The van der Waals surface area contributed by atoms with Gasteiger partial charge in [-0.05, 0) is 25.5 Å². The smallest absolute Gasteiger partial charge is 0.214 e. The zero-order valence-electron chi connectivity index (χ0n) is 12.8. The van der Waals surface area contributed by atoms with Gasteiger partial charge in [-0.3, -0.25) is 0 Å². The van der Waals surface area contributed by atoms with E-state index in [1.807, 2.05) is 38.1 Å². The Morgan fingerprint density at radius 3 is 2.38 bits per heavy atom. The lowest BCUT2D eigenvalue weighted by atomic mass is 10.2. The molecule has 5 nitrogen and oxygen atoms in total. The molecule has 118 valence electrons. The lowest BCUT2D eigenvalue weighted by Crippen LogP contribution is -2.49. The van der Waals surface area contributed by atoms with Crippen LogP contribution in [0.15, 0.2) is 24.3 Å². The van der Waals surface area contributed by atoms with Crippen molar-refractivity contribution in [2.45, 2.75) is 20.3 Å². The summed E-state index contributed by atoms with van der Waals surface area (Å²) < 4.78 is 31.4. The Kier molecular flexibility index (Phi) is 5.47. The maximum Gasteiger partial charge on any atom is 0.214 e. The van der Waals surface area contributed by atoms with Gasteiger partial charge in [0.15, 0.2) is 0 Å². The average molecular weight is 312 g/mol. The van der Waals surface area contributed by atoms with Crippen molar-refractivity contribution >= 4 is 15.7 Å². The van der Waals surface area contributed by atoms with Crippen molar-refractivity contribution in [1.82, 2.24) is 4.31 Å². The fourth-order valence-electron chi connectivity index (χ4n) is 2.59. The maximum atomic E-state index is 12.1. The summed E-state index contributed by atoms with van der Waals surface area (Å²) in [6.07, 6.45) is 0.662. The van der Waals surface area contributed by atoms with E-state index in [4.69, 9.17) is 4.74 Å². The number of nitrogens with zero attached hydrogens (tertiary/aromatic N) is 2. The lowest BCUT2D eigenvalue weighted by molar-refractivity contribution is 0.337. The quantitative estimate of drug-likeness (QED) is 0.805. The summed E-state index contributed by atoms with van der Waals surface area (Å²) in [5, 5.41) is 0. The molecule has 0 bridgehead atoms. The van der Waals surface area contributed by atoms with Gasteiger partial charge in [0.2, 0.25) is 10.0 Å². The van der Waals surface area contributed by atoms with Gasteiger partial charge in [0, 0.05) is 26.2 Å². The number of para-hydroxylation sites is 2. The predicted octanol–water partition coefficient (Wildman–Crippen LogP) is 1.95. The summed E-state index contributed by atoms with van der Waals surface area (Å²) in [4.78, 5) is 2.20. The van der Waals surface area contributed by atoms with Gasteiger partial charge in [0.25, 0.3) is 0 Å². The van der Waals surface area contributed by atoms with Gasteiger partial charge in [-0.25, -0.2) is 8.42 Å². The van der Waals surface area contributed by atoms with E-state index in [9.17, 15) is 8.42 Å². The van der Waals surface area contributed by atoms with Gasteiger partial charge in [-0.15, -0.1) is 0 Å². The third-order valence-corrected chi connectivity index (χ3v) is 5.68. The molecule has 1 saturated heterocycles. The van der Waals surface area contributed by atoms with Crippen LogP contribution in [0.25, 0.3) is 0 Å². The Bertz CT molecular complexity index is 552. The first-order valence-electron chi connectivity index (χ1n) is 7.53. The molecule has 0 radical (unpaired) electrons. The van der Waals surface area contributed by atoms with Crippen LogP contribution in [0.5, 0.6) is 5.75 Å². The van der Waals surface area contributed by atoms with Crippen molar-refractivity contribution in [1.29, 1.82) is 0 Å². The molecule has 1 aliphatic heterocycles. The summed E-state index contributed by atoms with van der Waals surface area (Å²) in [6.45, 7) is 6.98. The molecule has 0 unspecified atom stereocenters.